The van der Waals surface area contributed by atoms with Crippen LogP contribution in [0.1, 0.15) is 24.0 Å². The van der Waals surface area contributed by atoms with Gasteiger partial charge in [-0.15, -0.1) is 0 Å². The lowest BCUT2D eigenvalue weighted by Gasteiger charge is -2.35. The normalized spacial score (nSPS) is 23.9. The number of para-hydroxylation sites is 2. The number of hydrogen-bond acceptors (Lipinski definition) is 5. The van der Waals surface area contributed by atoms with Crippen molar-refractivity contribution in [2.45, 2.75) is 24.9 Å². The molecule has 1 fully saturated rings. The molecular weight excluding hydrogens is 350 g/mol. The van der Waals surface area contributed by atoms with Gasteiger partial charge in [0, 0.05) is 17.2 Å². The number of hydrogen-bond donors (Lipinski definition) is 0. The largest absolute Gasteiger partial charge is 0.496 e. The zero-order valence-corrected chi connectivity index (χ0v) is 15.7. The number of carbonyl (C=O) groups is 1. The fourth-order valence-corrected chi connectivity index (χ4v) is 4.65. The Morgan fingerprint density at radius 2 is 1.79 bits per heavy atom. The molecule has 0 aliphatic carbocycles. The molecule has 3 atom stereocenters. The van der Waals surface area contributed by atoms with E-state index in [1.807, 2.05) is 59.5 Å². The zero-order valence-electron chi connectivity index (χ0n) is 15.7. The molecule has 28 heavy (non-hydrogen) atoms. The first-order valence-electron chi connectivity index (χ1n) is 9.10. The van der Waals surface area contributed by atoms with Crippen LogP contribution in [0.3, 0.4) is 0 Å². The van der Waals surface area contributed by atoms with Gasteiger partial charge in [0.05, 0.1) is 31.3 Å². The molecule has 0 saturated carbocycles. The number of Topliss-reactive ketones (excluding diaryl/α,β-unsaturated/α-hetero) is 1. The van der Waals surface area contributed by atoms with Crippen LogP contribution in [-0.2, 0) is 4.79 Å². The van der Waals surface area contributed by atoms with E-state index in [0.29, 0.717) is 11.3 Å². The summed E-state index contributed by atoms with van der Waals surface area (Å²) in [7, 11) is 1.56. The van der Waals surface area contributed by atoms with Crippen molar-refractivity contribution in [3.8, 4) is 17.9 Å². The van der Waals surface area contributed by atoms with Crippen molar-refractivity contribution in [3.63, 3.8) is 0 Å². The van der Waals surface area contributed by atoms with Crippen molar-refractivity contribution >= 4 is 17.5 Å². The van der Waals surface area contributed by atoms with E-state index in [2.05, 4.69) is 12.1 Å². The summed E-state index contributed by atoms with van der Waals surface area (Å²) < 4.78 is 5.52. The third-order valence-corrected chi connectivity index (χ3v) is 5.81. The minimum Gasteiger partial charge on any atom is -0.496 e. The molecule has 138 valence electrons. The van der Waals surface area contributed by atoms with Gasteiger partial charge in [0.2, 0.25) is 0 Å². The Hall–Kier alpha value is -3.57. The molecule has 2 aliphatic rings. The van der Waals surface area contributed by atoms with Crippen LogP contribution in [0, 0.1) is 28.1 Å². The van der Waals surface area contributed by atoms with Crippen molar-refractivity contribution in [1.82, 2.24) is 0 Å². The molecule has 2 heterocycles. The second-order valence-corrected chi connectivity index (χ2v) is 7.14. The third-order valence-electron chi connectivity index (χ3n) is 5.81. The molecule has 2 aromatic rings. The monoisotopic (exact) mass is 369 g/mol. The maximum Gasteiger partial charge on any atom is 0.176 e. The molecule has 0 spiro atoms. The van der Waals surface area contributed by atoms with Crippen LogP contribution in [-0.4, -0.2) is 25.0 Å². The molecule has 5 heteroatoms. The molecule has 2 aromatic carbocycles. The molecule has 0 amide bonds. The number of benzene rings is 2. The van der Waals surface area contributed by atoms with Gasteiger partial charge in [0.25, 0.3) is 0 Å². The van der Waals surface area contributed by atoms with Crippen LogP contribution in [0.2, 0.25) is 0 Å². The van der Waals surface area contributed by atoms with E-state index in [1.54, 1.807) is 13.2 Å². The number of nitriles is 2. The van der Waals surface area contributed by atoms with Crippen molar-refractivity contribution in [1.29, 1.82) is 10.5 Å². The molecule has 4 rings (SSSR count). The summed E-state index contributed by atoms with van der Waals surface area (Å²) in [5, 5.41) is 20.4. The Morgan fingerprint density at radius 1 is 1.11 bits per heavy atom. The van der Waals surface area contributed by atoms with E-state index < -0.39 is 23.4 Å². The Labute approximate surface area is 164 Å². The van der Waals surface area contributed by atoms with E-state index in [9.17, 15) is 15.3 Å². The van der Waals surface area contributed by atoms with E-state index in [4.69, 9.17) is 4.74 Å². The minimum absolute atomic E-state index is 0.0848. The minimum atomic E-state index is -1.42. The summed E-state index contributed by atoms with van der Waals surface area (Å²) in [6.07, 6.45) is 3.81. The van der Waals surface area contributed by atoms with E-state index in [-0.39, 0.29) is 5.78 Å². The number of rotatable bonds is 3. The molecule has 5 nitrogen and oxygen atoms in total. The van der Waals surface area contributed by atoms with E-state index in [0.717, 1.165) is 11.3 Å². The smallest absolute Gasteiger partial charge is 0.176 e. The average molecular weight is 369 g/mol. The molecule has 0 unspecified atom stereocenters. The first-order valence-corrected chi connectivity index (χ1v) is 9.10. The molecule has 0 aromatic heterocycles. The van der Waals surface area contributed by atoms with Crippen LogP contribution in [0.4, 0.5) is 5.69 Å². The number of methoxy groups -OCH3 is 1. The summed E-state index contributed by atoms with van der Waals surface area (Å²) in [6, 6.07) is 18.5. The van der Waals surface area contributed by atoms with Gasteiger partial charge in [-0.1, -0.05) is 48.6 Å². The summed E-state index contributed by atoms with van der Waals surface area (Å²) in [5.74, 6) is -0.152. The second-order valence-electron chi connectivity index (χ2n) is 7.14. The number of nitrogens with zero attached hydrogens (tertiary/aromatic N) is 3. The summed E-state index contributed by atoms with van der Waals surface area (Å²) >= 11 is 0. The number of ether oxygens (including phenoxy) is 1. The van der Waals surface area contributed by atoms with Gasteiger partial charge in [0.15, 0.2) is 11.2 Å². The van der Waals surface area contributed by atoms with Crippen LogP contribution in [0.25, 0.3) is 6.08 Å². The van der Waals surface area contributed by atoms with Crippen LogP contribution >= 0.6 is 0 Å². The highest BCUT2D eigenvalue weighted by Crippen LogP contribution is 2.56. The lowest BCUT2D eigenvalue weighted by atomic mass is 9.69. The third kappa shape index (κ3) is 2.27. The number of carbonyl (C=O) groups excluding carboxylic acids is 1. The number of ketones is 1. The fraction of sp³-hybridized carbons (Fsp3) is 0.261. The highest BCUT2D eigenvalue weighted by Gasteiger charge is 2.63. The SMILES string of the molecule is COc1ccccc1[C@H]1[C@H](C(C)=O)N2c3ccccc3C=C[C@@H]2C1(C#N)C#N. The predicted octanol–water partition coefficient (Wildman–Crippen LogP) is 3.69. The van der Waals surface area contributed by atoms with Crippen molar-refractivity contribution in [2.75, 3.05) is 12.0 Å². The first-order chi connectivity index (χ1) is 13.6. The van der Waals surface area contributed by atoms with Gasteiger partial charge in [-0.05, 0) is 24.6 Å². The van der Waals surface area contributed by atoms with Gasteiger partial charge in [-0.3, -0.25) is 4.79 Å². The molecular formula is C23H19N3O2. The van der Waals surface area contributed by atoms with Gasteiger partial charge >= 0.3 is 0 Å². The van der Waals surface area contributed by atoms with Gasteiger partial charge in [-0.2, -0.15) is 10.5 Å². The fourth-order valence-electron chi connectivity index (χ4n) is 4.65. The van der Waals surface area contributed by atoms with Crippen molar-refractivity contribution < 1.29 is 9.53 Å². The van der Waals surface area contributed by atoms with Crippen LogP contribution in [0.5, 0.6) is 5.75 Å². The Morgan fingerprint density at radius 3 is 2.46 bits per heavy atom. The van der Waals surface area contributed by atoms with Crippen molar-refractivity contribution in [2.24, 2.45) is 5.41 Å². The van der Waals surface area contributed by atoms with Gasteiger partial charge in [-0.25, -0.2) is 0 Å². The quantitative estimate of drug-likeness (QED) is 0.825. The molecule has 0 bridgehead atoms. The molecule has 1 saturated heterocycles. The lowest BCUT2D eigenvalue weighted by molar-refractivity contribution is -0.118. The summed E-state index contributed by atoms with van der Waals surface area (Å²) in [4.78, 5) is 14.8. The highest BCUT2D eigenvalue weighted by atomic mass is 16.5. The summed E-state index contributed by atoms with van der Waals surface area (Å²) in [6.45, 7) is 1.52. The zero-order chi connectivity index (χ0) is 19.9. The Kier molecular flexibility index (Phi) is 4.17. The van der Waals surface area contributed by atoms with Crippen LogP contribution < -0.4 is 9.64 Å². The average Bonchev–Trinajstić information content (AvgIpc) is 3.04. The molecule has 0 N–H and O–H groups in total. The van der Waals surface area contributed by atoms with Gasteiger partial charge < -0.3 is 9.64 Å². The molecule has 2 aliphatic heterocycles. The van der Waals surface area contributed by atoms with E-state index >= 15 is 0 Å². The Balaban J connectivity index is 2.03. The first kappa shape index (κ1) is 17.8. The highest BCUT2D eigenvalue weighted by molar-refractivity contribution is 5.91. The number of fused-ring (bicyclic) bond motifs is 3. The van der Waals surface area contributed by atoms with Crippen molar-refractivity contribution in [3.05, 3.63) is 65.7 Å². The lowest BCUT2D eigenvalue weighted by Crippen LogP contribution is -2.43. The maximum atomic E-state index is 12.9. The van der Waals surface area contributed by atoms with E-state index in [1.165, 1.54) is 6.92 Å². The van der Waals surface area contributed by atoms with Gasteiger partial charge in [0.1, 0.15) is 5.75 Å². The maximum absolute atomic E-state index is 12.9. The topological polar surface area (TPSA) is 77.1 Å². The number of anilines is 1. The standard InChI is InChI=1S/C23H19N3O2/c1-15(27)22-21(17-8-4-6-10-19(17)28-2)23(13-24,14-25)20-12-11-16-7-3-5-9-18(16)26(20)22/h3-12,20-22H,1-2H3/t20-,21+,22+/m1/s1. The Bertz CT molecular complexity index is 1050. The predicted molar refractivity (Wildman–Crippen MR) is 106 cm³/mol. The molecule has 0 radical (unpaired) electrons. The summed E-state index contributed by atoms with van der Waals surface area (Å²) in [5.41, 5.74) is 1.11. The van der Waals surface area contributed by atoms with Crippen LogP contribution in [0.15, 0.2) is 54.6 Å². The second kappa shape index (κ2) is 6.55.